The normalized spacial score (nSPS) is 18.0. The number of hydrogen-bond acceptors (Lipinski definition) is 5. The molecule has 0 spiro atoms. The highest BCUT2D eigenvalue weighted by atomic mass is 35.5. The standard InChI is InChI=1S/C17H18ClN5S/c18-15-4-1-5-19-17(15)22-7-2-3-13(9-22)16-20-6-8-23(16)10-14-11-24-12-21-14/h1,4-6,8,11-13H,2-3,7,9-10H2. The first-order chi connectivity index (χ1) is 11.8. The van der Waals surface area contributed by atoms with E-state index in [2.05, 4.69) is 29.8 Å². The van der Waals surface area contributed by atoms with E-state index in [-0.39, 0.29) is 0 Å². The topological polar surface area (TPSA) is 46.8 Å². The van der Waals surface area contributed by atoms with Gasteiger partial charge in [0.2, 0.25) is 0 Å². The lowest BCUT2D eigenvalue weighted by Crippen LogP contribution is -2.36. The van der Waals surface area contributed by atoms with Gasteiger partial charge in [0.25, 0.3) is 0 Å². The lowest BCUT2D eigenvalue weighted by Gasteiger charge is -2.33. The van der Waals surface area contributed by atoms with Crippen molar-refractivity contribution in [1.82, 2.24) is 19.5 Å². The summed E-state index contributed by atoms with van der Waals surface area (Å²) in [6.45, 7) is 2.66. The number of rotatable bonds is 4. The first kappa shape index (κ1) is 15.6. The molecule has 0 N–H and O–H groups in total. The van der Waals surface area contributed by atoms with Gasteiger partial charge in [0.05, 0.1) is 22.8 Å². The maximum absolute atomic E-state index is 6.32. The van der Waals surface area contributed by atoms with Crippen LogP contribution < -0.4 is 4.90 Å². The van der Waals surface area contributed by atoms with Gasteiger partial charge in [0.15, 0.2) is 0 Å². The third kappa shape index (κ3) is 3.16. The molecule has 24 heavy (non-hydrogen) atoms. The van der Waals surface area contributed by atoms with Crippen LogP contribution in [0.1, 0.15) is 30.3 Å². The molecule has 1 aliphatic heterocycles. The van der Waals surface area contributed by atoms with Crippen molar-refractivity contribution in [2.24, 2.45) is 0 Å². The molecule has 0 aromatic carbocycles. The summed E-state index contributed by atoms with van der Waals surface area (Å²) in [6, 6.07) is 3.77. The second-order valence-electron chi connectivity index (χ2n) is 5.99. The molecule has 4 rings (SSSR count). The molecule has 0 bridgehead atoms. The van der Waals surface area contributed by atoms with Crippen LogP contribution in [0, 0.1) is 0 Å². The minimum atomic E-state index is 0.380. The second-order valence-corrected chi connectivity index (χ2v) is 7.11. The predicted octanol–water partition coefficient (Wildman–Crippen LogP) is 3.82. The zero-order valence-corrected chi connectivity index (χ0v) is 14.7. The van der Waals surface area contributed by atoms with E-state index < -0.39 is 0 Å². The number of pyridine rings is 1. The molecule has 124 valence electrons. The van der Waals surface area contributed by atoms with Gasteiger partial charge in [0, 0.05) is 43.0 Å². The Hall–Kier alpha value is -1.92. The van der Waals surface area contributed by atoms with Crippen molar-refractivity contribution in [3.05, 3.63) is 58.2 Å². The molecule has 3 aromatic heterocycles. The van der Waals surface area contributed by atoms with Crippen LogP contribution >= 0.6 is 22.9 Å². The molecule has 0 saturated carbocycles. The molecular formula is C17H18ClN5S. The third-order valence-electron chi connectivity index (χ3n) is 4.39. The minimum Gasteiger partial charge on any atom is -0.355 e. The summed E-state index contributed by atoms with van der Waals surface area (Å²) >= 11 is 7.95. The van der Waals surface area contributed by atoms with Crippen molar-refractivity contribution < 1.29 is 0 Å². The van der Waals surface area contributed by atoms with Gasteiger partial charge in [-0.25, -0.2) is 15.0 Å². The summed E-state index contributed by atoms with van der Waals surface area (Å²) in [5.41, 5.74) is 2.96. The summed E-state index contributed by atoms with van der Waals surface area (Å²) < 4.78 is 2.21. The van der Waals surface area contributed by atoms with E-state index in [0.717, 1.165) is 49.8 Å². The van der Waals surface area contributed by atoms with Gasteiger partial charge >= 0.3 is 0 Å². The molecule has 3 aromatic rings. The first-order valence-electron chi connectivity index (χ1n) is 8.05. The van der Waals surface area contributed by atoms with E-state index in [9.17, 15) is 0 Å². The van der Waals surface area contributed by atoms with Gasteiger partial charge in [-0.15, -0.1) is 11.3 Å². The number of aromatic nitrogens is 4. The zero-order valence-electron chi connectivity index (χ0n) is 13.2. The lowest BCUT2D eigenvalue weighted by atomic mass is 9.97. The Labute approximate surface area is 150 Å². The van der Waals surface area contributed by atoms with Crippen molar-refractivity contribution in [2.75, 3.05) is 18.0 Å². The largest absolute Gasteiger partial charge is 0.355 e. The Kier molecular flexibility index (Phi) is 4.49. The van der Waals surface area contributed by atoms with Crippen molar-refractivity contribution >= 4 is 28.8 Å². The van der Waals surface area contributed by atoms with Crippen LogP contribution in [0.25, 0.3) is 0 Å². The van der Waals surface area contributed by atoms with E-state index in [1.54, 1.807) is 17.5 Å². The molecule has 1 unspecified atom stereocenters. The van der Waals surface area contributed by atoms with Crippen molar-refractivity contribution in [1.29, 1.82) is 0 Å². The van der Waals surface area contributed by atoms with Crippen LogP contribution in [0.15, 0.2) is 41.6 Å². The highest BCUT2D eigenvalue weighted by Gasteiger charge is 2.26. The first-order valence-corrected chi connectivity index (χ1v) is 9.37. The summed E-state index contributed by atoms with van der Waals surface area (Å²) in [6.07, 6.45) is 7.97. The number of anilines is 1. The molecule has 0 aliphatic carbocycles. The highest BCUT2D eigenvalue weighted by molar-refractivity contribution is 7.07. The fourth-order valence-electron chi connectivity index (χ4n) is 3.29. The van der Waals surface area contributed by atoms with Crippen LogP contribution in [0.5, 0.6) is 0 Å². The SMILES string of the molecule is Clc1cccnc1N1CCCC(c2nccn2Cc2cscn2)C1. The van der Waals surface area contributed by atoms with Gasteiger partial charge in [-0.05, 0) is 25.0 Å². The van der Waals surface area contributed by atoms with Gasteiger partial charge in [0.1, 0.15) is 11.6 Å². The summed E-state index contributed by atoms with van der Waals surface area (Å²) in [5, 5.41) is 2.80. The molecule has 1 fully saturated rings. The van der Waals surface area contributed by atoms with Crippen molar-refractivity contribution in [3.63, 3.8) is 0 Å². The number of thiazole rings is 1. The summed E-state index contributed by atoms with van der Waals surface area (Å²) in [7, 11) is 0. The molecule has 7 heteroatoms. The maximum Gasteiger partial charge on any atom is 0.147 e. The van der Waals surface area contributed by atoms with Crippen LogP contribution in [-0.2, 0) is 6.54 Å². The van der Waals surface area contributed by atoms with Gasteiger partial charge in [-0.1, -0.05) is 11.6 Å². The Morgan fingerprint density at radius 3 is 3.04 bits per heavy atom. The molecule has 1 atom stereocenters. The Bertz CT molecular complexity index is 801. The maximum atomic E-state index is 6.32. The second kappa shape index (κ2) is 6.91. The molecule has 4 heterocycles. The molecule has 0 amide bonds. The monoisotopic (exact) mass is 359 g/mol. The van der Waals surface area contributed by atoms with Crippen LogP contribution in [-0.4, -0.2) is 32.6 Å². The molecule has 5 nitrogen and oxygen atoms in total. The van der Waals surface area contributed by atoms with E-state index in [0.29, 0.717) is 10.9 Å². The Morgan fingerprint density at radius 2 is 2.21 bits per heavy atom. The Balaban J connectivity index is 1.55. The average molecular weight is 360 g/mol. The number of hydrogen-bond donors (Lipinski definition) is 0. The fourth-order valence-corrected chi connectivity index (χ4v) is 4.09. The highest BCUT2D eigenvalue weighted by Crippen LogP contribution is 2.31. The smallest absolute Gasteiger partial charge is 0.147 e. The van der Waals surface area contributed by atoms with Gasteiger partial charge in [-0.2, -0.15) is 0 Å². The summed E-state index contributed by atoms with van der Waals surface area (Å²) in [4.78, 5) is 15.7. The average Bonchev–Trinajstić information content (AvgIpc) is 3.28. The fraction of sp³-hybridized carbons (Fsp3) is 0.353. The molecule has 1 saturated heterocycles. The number of imidazole rings is 1. The zero-order chi connectivity index (χ0) is 16.4. The van der Waals surface area contributed by atoms with Crippen LogP contribution in [0.4, 0.5) is 5.82 Å². The van der Waals surface area contributed by atoms with Crippen molar-refractivity contribution in [2.45, 2.75) is 25.3 Å². The minimum absolute atomic E-state index is 0.380. The van der Waals surface area contributed by atoms with E-state index >= 15 is 0 Å². The number of nitrogens with zero attached hydrogens (tertiary/aromatic N) is 5. The number of halogens is 1. The Morgan fingerprint density at radius 1 is 1.25 bits per heavy atom. The van der Waals surface area contributed by atoms with E-state index in [4.69, 9.17) is 11.6 Å². The third-order valence-corrected chi connectivity index (χ3v) is 5.32. The van der Waals surface area contributed by atoms with Crippen LogP contribution in [0.2, 0.25) is 5.02 Å². The van der Waals surface area contributed by atoms with Gasteiger partial charge < -0.3 is 9.47 Å². The van der Waals surface area contributed by atoms with Crippen molar-refractivity contribution in [3.8, 4) is 0 Å². The predicted molar refractivity (Wildman–Crippen MR) is 96.9 cm³/mol. The van der Waals surface area contributed by atoms with Crippen LogP contribution in [0.3, 0.4) is 0 Å². The quantitative estimate of drug-likeness (QED) is 0.710. The van der Waals surface area contributed by atoms with E-state index in [1.807, 2.05) is 30.0 Å². The molecule has 0 radical (unpaired) electrons. The van der Waals surface area contributed by atoms with E-state index in [1.165, 1.54) is 0 Å². The summed E-state index contributed by atoms with van der Waals surface area (Å²) in [5.74, 6) is 2.38. The molecule has 1 aliphatic rings. The van der Waals surface area contributed by atoms with Gasteiger partial charge in [-0.3, -0.25) is 0 Å². The molecular weight excluding hydrogens is 342 g/mol. The number of piperidine rings is 1. The lowest BCUT2D eigenvalue weighted by molar-refractivity contribution is 0.473.